The maximum absolute atomic E-state index is 11.5. The molecule has 1 atom stereocenters. The van der Waals surface area contributed by atoms with Crippen LogP contribution in [-0.2, 0) is 11.8 Å². The summed E-state index contributed by atoms with van der Waals surface area (Å²) in [7, 11) is 0. The van der Waals surface area contributed by atoms with Gasteiger partial charge in [0.05, 0.1) is 6.21 Å². The van der Waals surface area contributed by atoms with Gasteiger partial charge in [0.1, 0.15) is 6.61 Å². The smallest absolute Gasteiger partial charge is 0.188 e. The van der Waals surface area contributed by atoms with Crippen molar-refractivity contribution in [2.75, 3.05) is 6.61 Å². The number of rotatable bonds is 6. The molecule has 0 bridgehead atoms. The Morgan fingerprint density at radius 2 is 1.68 bits per heavy atom. The van der Waals surface area contributed by atoms with E-state index in [0.717, 1.165) is 11.1 Å². The Kier molecular flexibility index (Phi) is 6.10. The molecule has 0 saturated heterocycles. The van der Waals surface area contributed by atoms with E-state index in [4.69, 9.17) is 10.3 Å². The molecule has 0 aliphatic carbocycles. The van der Waals surface area contributed by atoms with E-state index in [1.54, 1.807) is 12.1 Å². The standard InChI is InChI=1S/C21H25NO3/c1-21(2,3)19-10-8-16(9-11-19)18(13-22-25)12-15-4-6-17(7-5-15)20(24)14-23/h4-11,13,18,23,25H,12,14H2,1-3H3/b22-13+. The first-order chi connectivity index (χ1) is 11.8. The highest BCUT2D eigenvalue weighted by molar-refractivity contribution is 5.96. The Balaban J connectivity index is 2.19. The van der Waals surface area contributed by atoms with E-state index >= 15 is 0 Å². The number of hydrogen-bond donors (Lipinski definition) is 2. The van der Waals surface area contributed by atoms with E-state index in [-0.39, 0.29) is 17.1 Å². The van der Waals surface area contributed by atoms with Gasteiger partial charge in [-0.25, -0.2) is 0 Å². The molecular weight excluding hydrogens is 314 g/mol. The average Bonchev–Trinajstić information content (AvgIpc) is 2.60. The van der Waals surface area contributed by atoms with Crippen LogP contribution in [0.5, 0.6) is 0 Å². The lowest BCUT2D eigenvalue weighted by atomic mass is 9.85. The van der Waals surface area contributed by atoms with Crippen molar-refractivity contribution in [2.45, 2.75) is 38.5 Å². The number of aliphatic hydroxyl groups excluding tert-OH is 1. The van der Waals surface area contributed by atoms with Crippen LogP contribution >= 0.6 is 0 Å². The fourth-order valence-corrected chi connectivity index (χ4v) is 2.74. The highest BCUT2D eigenvalue weighted by Gasteiger charge is 2.16. The predicted molar refractivity (Wildman–Crippen MR) is 99.7 cm³/mol. The highest BCUT2D eigenvalue weighted by Crippen LogP contribution is 2.26. The maximum Gasteiger partial charge on any atom is 0.188 e. The zero-order chi connectivity index (χ0) is 18.4. The minimum atomic E-state index is -0.487. The van der Waals surface area contributed by atoms with E-state index in [9.17, 15) is 4.79 Å². The molecule has 0 aromatic heterocycles. The minimum Gasteiger partial charge on any atom is -0.411 e. The molecule has 0 spiro atoms. The van der Waals surface area contributed by atoms with Crippen molar-refractivity contribution >= 4 is 12.0 Å². The van der Waals surface area contributed by atoms with Crippen LogP contribution in [0, 0.1) is 0 Å². The Morgan fingerprint density at radius 3 is 2.16 bits per heavy atom. The first kappa shape index (κ1) is 18.9. The van der Waals surface area contributed by atoms with Crippen molar-refractivity contribution in [3.63, 3.8) is 0 Å². The number of benzene rings is 2. The van der Waals surface area contributed by atoms with Gasteiger partial charge in [0.2, 0.25) is 0 Å². The molecule has 2 aromatic carbocycles. The van der Waals surface area contributed by atoms with Gasteiger partial charge in [0.15, 0.2) is 5.78 Å². The normalized spacial score (nSPS) is 13.1. The molecule has 1 unspecified atom stereocenters. The first-order valence-electron chi connectivity index (χ1n) is 8.36. The molecule has 0 radical (unpaired) electrons. The maximum atomic E-state index is 11.5. The second-order valence-corrected chi connectivity index (χ2v) is 7.23. The van der Waals surface area contributed by atoms with E-state index in [0.29, 0.717) is 12.0 Å². The number of oxime groups is 1. The highest BCUT2D eigenvalue weighted by atomic mass is 16.4. The van der Waals surface area contributed by atoms with Crippen LogP contribution in [-0.4, -0.2) is 28.9 Å². The first-order valence-corrected chi connectivity index (χ1v) is 8.36. The summed E-state index contributed by atoms with van der Waals surface area (Å²) in [5, 5.41) is 21.1. The molecule has 0 heterocycles. The van der Waals surface area contributed by atoms with E-state index in [1.807, 2.05) is 12.1 Å². The van der Waals surface area contributed by atoms with Gasteiger partial charge in [-0.05, 0) is 28.5 Å². The molecule has 2 rings (SSSR count). The Bertz CT molecular complexity index is 725. The molecule has 2 aromatic rings. The molecule has 2 N–H and O–H groups in total. The number of carbonyl (C=O) groups is 1. The molecule has 0 fully saturated rings. The van der Waals surface area contributed by atoms with E-state index in [2.05, 4.69) is 50.2 Å². The molecule has 4 nitrogen and oxygen atoms in total. The lowest BCUT2D eigenvalue weighted by molar-refractivity contribution is 0.0903. The third kappa shape index (κ3) is 5.00. The van der Waals surface area contributed by atoms with Gasteiger partial charge in [-0.1, -0.05) is 69.3 Å². The van der Waals surface area contributed by atoms with Crippen LogP contribution in [0.3, 0.4) is 0 Å². The lowest BCUT2D eigenvalue weighted by Crippen LogP contribution is -2.12. The number of ketones is 1. The summed E-state index contributed by atoms with van der Waals surface area (Å²) < 4.78 is 0. The Hall–Kier alpha value is -2.46. The van der Waals surface area contributed by atoms with Crippen molar-refractivity contribution in [2.24, 2.45) is 5.16 Å². The molecule has 0 saturated carbocycles. The number of nitrogens with zero attached hydrogens (tertiary/aromatic N) is 1. The summed E-state index contributed by atoms with van der Waals surface area (Å²) in [5.41, 5.74) is 3.94. The second-order valence-electron chi connectivity index (χ2n) is 7.23. The van der Waals surface area contributed by atoms with E-state index in [1.165, 1.54) is 11.8 Å². The molecule has 0 amide bonds. The molecule has 4 heteroatoms. The average molecular weight is 339 g/mol. The fourth-order valence-electron chi connectivity index (χ4n) is 2.74. The van der Waals surface area contributed by atoms with Crippen molar-refractivity contribution < 1.29 is 15.1 Å². The van der Waals surface area contributed by atoms with Gasteiger partial charge in [-0.15, -0.1) is 5.16 Å². The minimum absolute atomic E-state index is 0.0570. The van der Waals surface area contributed by atoms with Crippen LogP contribution in [0.1, 0.15) is 53.7 Å². The summed E-state index contributed by atoms with van der Waals surface area (Å²) in [6, 6.07) is 15.5. The summed E-state index contributed by atoms with van der Waals surface area (Å²) in [6.07, 6.45) is 2.19. The van der Waals surface area contributed by atoms with Crippen LogP contribution < -0.4 is 0 Å². The van der Waals surface area contributed by atoms with Gasteiger partial charge in [-0.2, -0.15) is 0 Å². The number of Topliss-reactive ketones (excluding diaryl/α,β-unsaturated/α-hetero) is 1. The molecule has 25 heavy (non-hydrogen) atoms. The van der Waals surface area contributed by atoms with Crippen molar-refractivity contribution in [1.29, 1.82) is 0 Å². The lowest BCUT2D eigenvalue weighted by Gasteiger charge is -2.20. The third-order valence-corrected chi connectivity index (χ3v) is 4.33. The van der Waals surface area contributed by atoms with Crippen molar-refractivity contribution in [3.8, 4) is 0 Å². The zero-order valence-electron chi connectivity index (χ0n) is 14.9. The molecule has 0 aliphatic rings. The Labute approximate surface area is 148 Å². The van der Waals surface area contributed by atoms with Gasteiger partial charge in [-0.3, -0.25) is 4.79 Å². The van der Waals surface area contributed by atoms with Crippen LogP contribution in [0.15, 0.2) is 53.7 Å². The number of carbonyl (C=O) groups excluding carboxylic acids is 1. The molecule has 132 valence electrons. The second kappa shape index (κ2) is 8.08. The summed E-state index contributed by atoms with van der Waals surface area (Å²) in [4.78, 5) is 11.5. The van der Waals surface area contributed by atoms with Crippen LogP contribution in [0.25, 0.3) is 0 Å². The van der Waals surface area contributed by atoms with Crippen molar-refractivity contribution in [1.82, 2.24) is 0 Å². The van der Waals surface area contributed by atoms with Crippen LogP contribution in [0.2, 0.25) is 0 Å². The predicted octanol–water partition coefficient (Wildman–Crippen LogP) is 3.95. The Morgan fingerprint density at radius 1 is 1.08 bits per heavy atom. The number of hydrogen-bond acceptors (Lipinski definition) is 4. The third-order valence-electron chi connectivity index (χ3n) is 4.33. The number of aliphatic hydroxyl groups is 1. The summed E-state index contributed by atoms with van der Waals surface area (Å²) in [5.74, 6) is -0.351. The largest absolute Gasteiger partial charge is 0.411 e. The van der Waals surface area contributed by atoms with Crippen molar-refractivity contribution in [3.05, 3.63) is 70.8 Å². The molecular formula is C21H25NO3. The SMILES string of the molecule is CC(C)(C)c1ccc(C(/C=N/O)Cc2ccc(C(=O)CO)cc2)cc1. The van der Waals surface area contributed by atoms with Crippen LogP contribution in [0.4, 0.5) is 0 Å². The monoisotopic (exact) mass is 339 g/mol. The van der Waals surface area contributed by atoms with Gasteiger partial charge >= 0.3 is 0 Å². The summed E-state index contributed by atoms with van der Waals surface area (Å²) in [6.45, 7) is 6.02. The summed E-state index contributed by atoms with van der Waals surface area (Å²) >= 11 is 0. The van der Waals surface area contributed by atoms with Gasteiger partial charge in [0.25, 0.3) is 0 Å². The topological polar surface area (TPSA) is 69.9 Å². The molecule has 0 aliphatic heterocycles. The van der Waals surface area contributed by atoms with E-state index < -0.39 is 6.61 Å². The quantitative estimate of drug-likeness (QED) is 0.362. The van der Waals surface area contributed by atoms with Gasteiger partial charge in [0, 0.05) is 11.5 Å². The van der Waals surface area contributed by atoms with Gasteiger partial charge < -0.3 is 10.3 Å². The fraction of sp³-hybridized carbons (Fsp3) is 0.333. The zero-order valence-corrected chi connectivity index (χ0v) is 14.9.